The van der Waals surface area contributed by atoms with Gasteiger partial charge in [0.05, 0.1) is 0 Å². The number of piperazine rings is 1. The van der Waals surface area contributed by atoms with Crippen LogP contribution in [0.1, 0.15) is 28.8 Å². The minimum absolute atomic E-state index is 0.151. The van der Waals surface area contributed by atoms with Gasteiger partial charge in [-0.25, -0.2) is 4.39 Å². The predicted molar refractivity (Wildman–Crippen MR) is 110 cm³/mol. The Morgan fingerprint density at radius 2 is 1.75 bits per heavy atom. The Labute approximate surface area is 166 Å². The van der Waals surface area contributed by atoms with Crippen molar-refractivity contribution in [3.63, 3.8) is 0 Å². The molecule has 0 spiro atoms. The van der Waals surface area contributed by atoms with Crippen LogP contribution >= 0.6 is 0 Å². The summed E-state index contributed by atoms with van der Waals surface area (Å²) >= 11 is 0. The summed E-state index contributed by atoms with van der Waals surface area (Å²) in [6.45, 7) is 7.52. The molecule has 2 aliphatic rings. The molecule has 0 saturated carbocycles. The molecule has 4 rings (SSSR count). The summed E-state index contributed by atoms with van der Waals surface area (Å²) < 4.78 is 13.1. The Morgan fingerprint density at radius 3 is 2.46 bits per heavy atom. The van der Waals surface area contributed by atoms with Gasteiger partial charge in [0, 0.05) is 56.6 Å². The van der Waals surface area contributed by atoms with E-state index in [2.05, 4.69) is 9.80 Å². The Balaban J connectivity index is 1.35. The molecule has 4 nitrogen and oxygen atoms in total. The Bertz CT molecular complexity index is 815. The molecule has 5 heteroatoms. The number of carbonyl (C=O) groups is 1. The van der Waals surface area contributed by atoms with E-state index in [0.717, 1.165) is 68.9 Å². The van der Waals surface area contributed by atoms with Gasteiger partial charge in [0.1, 0.15) is 5.82 Å². The third-order valence-electron chi connectivity index (χ3n) is 5.97. The van der Waals surface area contributed by atoms with Gasteiger partial charge in [0.15, 0.2) is 0 Å². The minimum Gasteiger partial charge on any atom is -0.369 e. The number of carbonyl (C=O) groups excluding carboxylic acids is 1. The van der Waals surface area contributed by atoms with Gasteiger partial charge in [-0.15, -0.1) is 0 Å². The second-order valence-corrected chi connectivity index (χ2v) is 7.92. The van der Waals surface area contributed by atoms with Gasteiger partial charge in [-0.05, 0) is 56.2 Å². The lowest BCUT2D eigenvalue weighted by molar-refractivity contribution is 0.0563. The molecule has 2 heterocycles. The monoisotopic (exact) mass is 381 g/mol. The van der Waals surface area contributed by atoms with Crippen LogP contribution in [0, 0.1) is 12.7 Å². The van der Waals surface area contributed by atoms with Crippen LogP contribution in [0.15, 0.2) is 48.5 Å². The Kier molecular flexibility index (Phi) is 5.62. The van der Waals surface area contributed by atoms with Gasteiger partial charge >= 0.3 is 0 Å². The summed E-state index contributed by atoms with van der Waals surface area (Å²) in [7, 11) is 0. The molecule has 0 radical (unpaired) electrons. The van der Waals surface area contributed by atoms with E-state index >= 15 is 0 Å². The third-order valence-corrected chi connectivity index (χ3v) is 5.97. The number of piperidine rings is 1. The molecule has 2 aromatic carbocycles. The van der Waals surface area contributed by atoms with Crippen molar-refractivity contribution in [2.24, 2.45) is 0 Å². The second-order valence-electron chi connectivity index (χ2n) is 7.92. The summed E-state index contributed by atoms with van der Waals surface area (Å²) in [5.41, 5.74) is 3.00. The van der Waals surface area contributed by atoms with Gasteiger partial charge in [-0.3, -0.25) is 9.69 Å². The van der Waals surface area contributed by atoms with Crippen LogP contribution in [0.4, 0.5) is 10.1 Å². The van der Waals surface area contributed by atoms with E-state index in [-0.39, 0.29) is 11.7 Å². The van der Waals surface area contributed by atoms with Crippen LogP contribution in [-0.2, 0) is 0 Å². The first-order chi connectivity index (χ1) is 13.6. The van der Waals surface area contributed by atoms with Crippen LogP contribution in [0.3, 0.4) is 0 Å². The van der Waals surface area contributed by atoms with Crippen molar-refractivity contribution in [3.05, 3.63) is 65.5 Å². The lowest BCUT2D eigenvalue weighted by Gasteiger charge is -2.44. The lowest BCUT2D eigenvalue weighted by Crippen LogP contribution is -2.55. The number of rotatable bonds is 3. The number of amides is 1. The fourth-order valence-electron chi connectivity index (χ4n) is 4.40. The van der Waals surface area contributed by atoms with Gasteiger partial charge in [-0.2, -0.15) is 0 Å². The van der Waals surface area contributed by atoms with Crippen molar-refractivity contribution >= 4 is 11.6 Å². The number of likely N-dealkylation sites (tertiary alicyclic amines) is 1. The van der Waals surface area contributed by atoms with Gasteiger partial charge < -0.3 is 9.80 Å². The van der Waals surface area contributed by atoms with Gasteiger partial charge in [0.2, 0.25) is 0 Å². The molecule has 0 aromatic heterocycles. The van der Waals surface area contributed by atoms with E-state index in [1.807, 2.05) is 48.2 Å². The molecule has 2 saturated heterocycles. The number of aryl methyl sites for hydroxylation is 1. The van der Waals surface area contributed by atoms with Gasteiger partial charge in [0.25, 0.3) is 5.91 Å². The largest absolute Gasteiger partial charge is 0.369 e. The number of anilines is 1. The van der Waals surface area contributed by atoms with Crippen molar-refractivity contribution in [3.8, 4) is 0 Å². The average molecular weight is 381 g/mol. The zero-order chi connectivity index (χ0) is 19.5. The number of benzene rings is 2. The zero-order valence-corrected chi connectivity index (χ0v) is 16.5. The smallest absolute Gasteiger partial charge is 0.253 e. The maximum absolute atomic E-state index is 13.1. The maximum Gasteiger partial charge on any atom is 0.253 e. The molecular formula is C23H28FN3O. The molecule has 0 N–H and O–H groups in total. The molecule has 1 atom stereocenters. The van der Waals surface area contributed by atoms with E-state index < -0.39 is 0 Å². The second kappa shape index (κ2) is 8.31. The molecule has 1 amide bonds. The fraction of sp³-hybridized carbons (Fsp3) is 0.435. The van der Waals surface area contributed by atoms with E-state index in [9.17, 15) is 9.18 Å². The molecule has 0 aliphatic carbocycles. The lowest BCUT2D eigenvalue weighted by atomic mass is 10.0. The summed E-state index contributed by atoms with van der Waals surface area (Å²) in [5.74, 6) is -0.0405. The Morgan fingerprint density at radius 1 is 1.00 bits per heavy atom. The van der Waals surface area contributed by atoms with E-state index in [4.69, 9.17) is 0 Å². The Hall–Kier alpha value is -2.40. The predicted octanol–water partition coefficient (Wildman–Crippen LogP) is 3.56. The van der Waals surface area contributed by atoms with Crippen LogP contribution in [-0.4, -0.2) is 61.0 Å². The first kappa shape index (κ1) is 18.9. The summed E-state index contributed by atoms with van der Waals surface area (Å²) in [6.07, 6.45) is 2.20. The molecule has 1 unspecified atom stereocenters. The maximum atomic E-state index is 13.1. The first-order valence-corrected chi connectivity index (χ1v) is 10.2. The molecule has 0 bridgehead atoms. The molecule has 2 fully saturated rings. The van der Waals surface area contributed by atoms with Crippen LogP contribution in [0.25, 0.3) is 0 Å². The number of hydrogen-bond donors (Lipinski definition) is 0. The highest BCUT2D eigenvalue weighted by molar-refractivity contribution is 5.94. The van der Waals surface area contributed by atoms with E-state index in [1.165, 1.54) is 12.1 Å². The van der Waals surface area contributed by atoms with E-state index in [0.29, 0.717) is 6.04 Å². The average Bonchev–Trinajstić information content (AvgIpc) is 2.74. The van der Waals surface area contributed by atoms with E-state index in [1.54, 1.807) is 0 Å². The fourth-order valence-corrected chi connectivity index (χ4v) is 4.40. The molecule has 2 aromatic rings. The molecule has 148 valence electrons. The van der Waals surface area contributed by atoms with Crippen molar-refractivity contribution in [1.29, 1.82) is 0 Å². The summed E-state index contributed by atoms with van der Waals surface area (Å²) in [4.78, 5) is 19.8. The zero-order valence-electron chi connectivity index (χ0n) is 16.5. The molecule has 28 heavy (non-hydrogen) atoms. The third kappa shape index (κ3) is 4.20. The quantitative estimate of drug-likeness (QED) is 0.813. The summed E-state index contributed by atoms with van der Waals surface area (Å²) in [5, 5.41) is 0. The van der Waals surface area contributed by atoms with Crippen molar-refractivity contribution < 1.29 is 9.18 Å². The molecule has 2 aliphatic heterocycles. The van der Waals surface area contributed by atoms with Crippen molar-refractivity contribution in [2.45, 2.75) is 25.8 Å². The highest BCUT2D eigenvalue weighted by Crippen LogP contribution is 2.22. The summed E-state index contributed by atoms with van der Waals surface area (Å²) in [6, 6.07) is 15.1. The van der Waals surface area contributed by atoms with Crippen LogP contribution in [0.5, 0.6) is 0 Å². The number of halogens is 1. The SMILES string of the molecule is Cc1cccc(C(=O)N2CCCC(N3CCN(c4ccc(F)cc4)CC3)C2)c1. The topological polar surface area (TPSA) is 26.8 Å². The number of hydrogen-bond acceptors (Lipinski definition) is 3. The minimum atomic E-state index is -0.192. The van der Waals surface area contributed by atoms with Crippen LogP contribution < -0.4 is 4.90 Å². The highest BCUT2D eigenvalue weighted by Gasteiger charge is 2.30. The van der Waals surface area contributed by atoms with Crippen molar-refractivity contribution in [2.75, 3.05) is 44.2 Å². The first-order valence-electron chi connectivity index (χ1n) is 10.2. The standard InChI is InChI=1S/C23H28FN3O/c1-18-4-2-5-19(16-18)23(28)27-11-3-6-22(17-27)26-14-12-25(13-15-26)21-9-7-20(24)8-10-21/h2,4-5,7-10,16,22H,3,6,11-15,17H2,1H3. The number of nitrogens with zero attached hydrogens (tertiary/aromatic N) is 3. The van der Waals surface area contributed by atoms with Gasteiger partial charge in [-0.1, -0.05) is 17.7 Å². The molecular weight excluding hydrogens is 353 g/mol. The van der Waals surface area contributed by atoms with Crippen molar-refractivity contribution in [1.82, 2.24) is 9.80 Å². The normalized spacial score (nSPS) is 21.0. The van der Waals surface area contributed by atoms with Crippen LogP contribution in [0.2, 0.25) is 0 Å². The highest BCUT2D eigenvalue weighted by atomic mass is 19.1.